The summed E-state index contributed by atoms with van der Waals surface area (Å²) in [6.45, 7) is 4.90. The third kappa shape index (κ3) is 7.14. The van der Waals surface area contributed by atoms with Gasteiger partial charge in [-0.25, -0.2) is 14.4 Å². The molecule has 214 valence electrons. The van der Waals surface area contributed by atoms with E-state index in [2.05, 4.69) is 20.4 Å². The first-order valence-corrected chi connectivity index (χ1v) is 13.1. The van der Waals surface area contributed by atoms with Crippen LogP contribution in [0.25, 0.3) is 10.9 Å². The lowest BCUT2D eigenvalue weighted by atomic mass is 10.1. The van der Waals surface area contributed by atoms with E-state index >= 15 is 0 Å². The Morgan fingerprint density at radius 3 is 2.68 bits per heavy atom. The summed E-state index contributed by atoms with van der Waals surface area (Å²) in [7, 11) is 0. The highest BCUT2D eigenvalue weighted by atomic mass is 35.5. The second-order valence-corrected chi connectivity index (χ2v) is 10.0. The van der Waals surface area contributed by atoms with Crippen molar-refractivity contribution in [3.8, 4) is 6.01 Å². The summed E-state index contributed by atoms with van der Waals surface area (Å²) in [5, 5.41) is 7.31. The number of carbonyl (C=O) groups excluding carboxylic acids is 3. The van der Waals surface area contributed by atoms with Crippen LogP contribution in [-0.2, 0) is 29.3 Å². The molecule has 2 aromatic heterocycles. The smallest absolute Gasteiger partial charge is 0.316 e. The van der Waals surface area contributed by atoms with E-state index < -0.39 is 23.5 Å². The molecule has 0 unspecified atom stereocenters. The number of primary amides is 1. The van der Waals surface area contributed by atoms with Crippen molar-refractivity contribution in [1.29, 1.82) is 0 Å². The second-order valence-electron chi connectivity index (χ2n) is 9.60. The maximum absolute atomic E-state index is 14.2. The molecule has 0 bridgehead atoms. The number of aromatic nitrogens is 4. The van der Waals surface area contributed by atoms with E-state index in [9.17, 15) is 18.8 Å². The second kappa shape index (κ2) is 12.7. The molecule has 2 heterocycles. The van der Waals surface area contributed by atoms with Crippen LogP contribution in [-0.4, -0.2) is 55.0 Å². The van der Waals surface area contributed by atoms with E-state index in [1.54, 1.807) is 50.4 Å². The number of aryl methyl sites for hydroxylation is 1. The molecule has 11 nitrogen and oxygen atoms in total. The quantitative estimate of drug-likeness (QED) is 0.277. The normalized spacial score (nSPS) is 11.1. The predicted octanol–water partition coefficient (Wildman–Crippen LogP) is 3.16. The van der Waals surface area contributed by atoms with E-state index in [4.69, 9.17) is 22.1 Å². The van der Waals surface area contributed by atoms with Crippen molar-refractivity contribution in [1.82, 2.24) is 30.0 Å². The molecule has 0 aliphatic heterocycles. The molecule has 0 aliphatic carbocycles. The van der Waals surface area contributed by atoms with Crippen LogP contribution in [0, 0.1) is 12.7 Å². The van der Waals surface area contributed by atoms with Crippen molar-refractivity contribution >= 4 is 40.2 Å². The number of carbonyl (C=O) groups is 3. The van der Waals surface area contributed by atoms with E-state index in [1.165, 1.54) is 21.7 Å². The molecule has 0 saturated carbocycles. The van der Waals surface area contributed by atoms with E-state index in [0.29, 0.717) is 16.5 Å². The Morgan fingerprint density at radius 2 is 1.98 bits per heavy atom. The summed E-state index contributed by atoms with van der Waals surface area (Å²) >= 11 is 5.80. The van der Waals surface area contributed by atoms with Gasteiger partial charge in [-0.1, -0.05) is 29.8 Å². The minimum absolute atomic E-state index is 0.00107. The van der Waals surface area contributed by atoms with E-state index in [-0.39, 0.29) is 54.6 Å². The van der Waals surface area contributed by atoms with Crippen LogP contribution in [0.1, 0.15) is 41.2 Å². The molecular weight excluding hydrogens is 553 g/mol. The standard InChI is InChI=1S/C28H29ClFN7O4/c1-16(2)36(13-23(38)33-12-19-5-4-6-21(29)25(19)30)24(39)14-37-22-8-7-18(11-20(22)26(35-37)27(31)40)15-41-28-32-10-9-17(3)34-28/h4-11,16H,12-15H2,1-3H3,(H2,31,40)(H,33,38). The molecule has 41 heavy (non-hydrogen) atoms. The Balaban J connectivity index is 1.47. The number of nitrogens with zero attached hydrogens (tertiary/aromatic N) is 5. The molecule has 13 heteroatoms. The van der Waals surface area contributed by atoms with Crippen molar-refractivity contribution in [3.05, 3.63) is 82.0 Å². The maximum Gasteiger partial charge on any atom is 0.316 e. The van der Waals surface area contributed by atoms with Gasteiger partial charge in [0.25, 0.3) is 5.91 Å². The minimum atomic E-state index is -0.755. The summed E-state index contributed by atoms with van der Waals surface area (Å²) in [4.78, 5) is 47.8. The van der Waals surface area contributed by atoms with Gasteiger partial charge in [0.05, 0.1) is 17.1 Å². The zero-order chi connectivity index (χ0) is 29.7. The van der Waals surface area contributed by atoms with Gasteiger partial charge in [0, 0.05) is 35.4 Å². The Bertz CT molecular complexity index is 1610. The zero-order valence-corrected chi connectivity index (χ0v) is 23.5. The van der Waals surface area contributed by atoms with Crippen LogP contribution in [0.3, 0.4) is 0 Å². The number of hydrogen-bond acceptors (Lipinski definition) is 7. The first-order chi connectivity index (χ1) is 19.5. The Hall–Kier alpha value is -4.58. The number of fused-ring (bicyclic) bond motifs is 1. The van der Waals surface area contributed by atoms with Gasteiger partial charge in [-0.15, -0.1) is 0 Å². The first kappa shape index (κ1) is 29.4. The Kier molecular flexibility index (Phi) is 9.13. The van der Waals surface area contributed by atoms with Crippen molar-refractivity contribution in [2.75, 3.05) is 6.54 Å². The van der Waals surface area contributed by atoms with Crippen LogP contribution in [0.15, 0.2) is 48.7 Å². The minimum Gasteiger partial charge on any atom is -0.459 e. The molecule has 3 amide bonds. The zero-order valence-electron chi connectivity index (χ0n) is 22.7. The summed E-state index contributed by atoms with van der Waals surface area (Å²) in [6, 6.07) is 11.3. The van der Waals surface area contributed by atoms with Crippen LogP contribution < -0.4 is 15.8 Å². The van der Waals surface area contributed by atoms with Gasteiger partial charge in [-0.2, -0.15) is 5.10 Å². The van der Waals surface area contributed by atoms with Gasteiger partial charge in [-0.05, 0) is 50.6 Å². The van der Waals surface area contributed by atoms with Gasteiger partial charge < -0.3 is 20.7 Å². The fourth-order valence-electron chi connectivity index (χ4n) is 4.13. The molecular formula is C28H29ClFN7O4. The van der Waals surface area contributed by atoms with Crippen molar-refractivity contribution in [3.63, 3.8) is 0 Å². The molecule has 4 rings (SSSR count). The van der Waals surface area contributed by atoms with Crippen LogP contribution in [0.5, 0.6) is 6.01 Å². The van der Waals surface area contributed by atoms with Crippen LogP contribution in [0.4, 0.5) is 4.39 Å². The molecule has 0 fully saturated rings. The SMILES string of the molecule is Cc1ccnc(OCc2ccc3c(c2)c(C(N)=O)nn3CC(=O)N(CC(=O)NCc2cccc(Cl)c2F)C(C)C)n1. The predicted molar refractivity (Wildman–Crippen MR) is 149 cm³/mol. The number of halogens is 2. The van der Waals surface area contributed by atoms with Crippen molar-refractivity contribution < 1.29 is 23.5 Å². The molecule has 4 aromatic rings. The number of nitrogens with one attached hydrogen (secondary N) is 1. The third-order valence-corrected chi connectivity index (χ3v) is 6.53. The third-order valence-electron chi connectivity index (χ3n) is 6.24. The molecule has 0 saturated heterocycles. The largest absolute Gasteiger partial charge is 0.459 e. The van der Waals surface area contributed by atoms with E-state index in [0.717, 1.165) is 5.69 Å². The number of rotatable bonds is 11. The molecule has 0 radical (unpaired) electrons. The highest BCUT2D eigenvalue weighted by Gasteiger charge is 2.23. The number of amides is 3. The van der Waals surface area contributed by atoms with E-state index in [1.807, 2.05) is 6.92 Å². The molecule has 2 aromatic carbocycles. The summed E-state index contributed by atoms with van der Waals surface area (Å²) in [5.74, 6) is -2.25. The Morgan fingerprint density at radius 1 is 1.20 bits per heavy atom. The van der Waals surface area contributed by atoms with Crippen LogP contribution in [0.2, 0.25) is 5.02 Å². The summed E-state index contributed by atoms with van der Waals surface area (Å²) in [6.07, 6.45) is 1.59. The molecule has 3 N–H and O–H groups in total. The summed E-state index contributed by atoms with van der Waals surface area (Å²) < 4.78 is 21.2. The lowest BCUT2D eigenvalue weighted by Crippen LogP contribution is -2.45. The van der Waals surface area contributed by atoms with Crippen molar-refractivity contribution in [2.24, 2.45) is 5.73 Å². The highest BCUT2D eigenvalue weighted by Crippen LogP contribution is 2.22. The van der Waals surface area contributed by atoms with Crippen molar-refractivity contribution in [2.45, 2.75) is 46.5 Å². The average molecular weight is 582 g/mol. The average Bonchev–Trinajstić information content (AvgIpc) is 3.29. The van der Waals surface area contributed by atoms with Crippen LogP contribution >= 0.6 is 11.6 Å². The van der Waals surface area contributed by atoms with Gasteiger partial charge in [0.1, 0.15) is 19.0 Å². The van der Waals surface area contributed by atoms with Gasteiger partial charge >= 0.3 is 6.01 Å². The lowest BCUT2D eigenvalue weighted by molar-refractivity contribution is -0.138. The monoisotopic (exact) mass is 581 g/mol. The highest BCUT2D eigenvalue weighted by molar-refractivity contribution is 6.30. The number of benzene rings is 2. The molecule has 0 aliphatic rings. The lowest BCUT2D eigenvalue weighted by Gasteiger charge is -2.26. The summed E-state index contributed by atoms with van der Waals surface area (Å²) in [5.41, 5.74) is 7.79. The van der Waals surface area contributed by atoms with Gasteiger partial charge in [-0.3, -0.25) is 19.1 Å². The number of hydrogen-bond donors (Lipinski definition) is 2. The van der Waals surface area contributed by atoms with Gasteiger partial charge in [0.2, 0.25) is 11.8 Å². The van der Waals surface area contributed by atoms with Gasteiger partial charge in [0.15, 0.2) is 5.69 Å². The number of ether oxygens (including phenoxy) is 1. The number of nitrogens with two attached hydrogens (primary N) is 1. The first-order valence-electron chi connectivity index (χ1n) is 12.7. The molecule has 0 atom stereocenters. The maximum atomic E-state index is 14.2. The molecule has 0 spiro atoms. The fourth-order valence-corrected chi connectivity index (χ4v) is 4.32. The fraction of sp³-hybridized carbons (Fsp3) is 0.286. The topological polar surface area (TPSA) is 145 Å². The Labute approximate surface area is 240 Å².